The Morgan fingerprint density at radius 1 is 1.10 bits per heavy atom. The van der Waals surface area contributed by atoms with Gasteiger partial charge in [-0.05, 0) is 73.9 Å². The third-order valence-electron chi connectivity index (χ3n) is 5.77. The lowest BCUT2D eigenvalue weighted by molar-refractivity contribution is -0.130. The molecule has 2 aliphatic rings. The standard InChI is InChI=1S/C21H27N3O3S2/c1-16-19-10-14-28-20(19)9-13-24(16)21(25)15-29(26,27)22-17-5-7-18(8-6-17)23-11-3-2-4-12-23/h5-8,10,14,16,22H,2-4,9,11-13,15H2,1H3/t16-/m0/s1. The SMILES string of the molecule is C[C@H]1c2ccsc2CCN1C(=O)CS(=O)(=O)Nc1ccc(N2CCCCC2)cc1. The topological polar surface area (TPSA) is 69.7 Å². The predicted molar refractivity (Wildman–Crippen MR) is 118 cm³/mol. The third kappa shape index (κ3) is 4.59. The zero-order valence-corrected chi connectivity index (χ0v) is 18.3. The number of anilines is 2. The first kappa shape index (κ1) is 20.2. The van der Waals surface area contributed by atoms with E-state index in [4.69, 9.17) is 0 Å². The van der Waals surface area contributed by atoms with Crippen molar-refractivity contribution in [2.75, 3.05) is 35.0 Å². The zero-order valence-electron chi connectivity index (χ0n) is 16.6. The fourth-order valence-corrected chi connectivity index (χ4v) is 6.22. The molecule has 6 nitrogen and oxygen atoms in total. The van der Waals surface area contributed by atoms with Gasteiger partial charge in [-0.2, -0.15) is 0 Å². The minimum Gasteiger partial charge on any atom is -0.372 e. The van der Waals surface area contributed by atoms with Crippen molar-refractivity contribution in [3.05, 3.63) is 46.2 Å². The van der Waals surface area contributed by atoms with E-state index >= 15 is 0 Å². The summed E-state index contributed by atoms with van der Waals surface area (Å²) in [6.07, 6.45) is 4.44. The fraction of sp³-hybridized carbons (Fsp3) is 0.476. The minimum absolute atomic E-state index is 0.0865. The Kier molecular flexibility index (Phi) is 5.83. The van der Waals surface area contributed by atoms with Crippen LogP contribution in [-0.4, -0.2) is 44.6 Å². The Morgan fingerprint density at radius 3 is 2.55 bits per heavy atom. The summed E-state index contributed by atoms with van der Waals surface area (Å²) in [6.45, 7) is 4.61. The Morgan fingerprint density at radius 2 is 1.83 bits per heavy atom. The monoisotopic (exact) mass is 433 g/mol. The summed E-state index contributed by atoms with van der Waals surface area (Å²) in [5.74, 6) is -0.892. The molecule has 0 saturated carbocycles. The summed E-state index contributed by atoms with van der Waals surface area (Å²) >= 11 is 1.70. The van der Waals surface area contributed by atoms with Crippen molar-refractivity contribution in [1.82, 2.24) is 4.90 Å². The molecule has 0 aliphatic carbocycles. The lowest BCUT2D eigenvalue weighted by atomic mass is 10.0. The average molecular weight is 434 g/mol. The molecule has 1 atom stereocenters. The van der Waals surface area contributed by atoms with Crippen LogP contribution in [0.3, 0.4) is 0 Å². The average Bonchev–Trinajstić information content (AvgIpc) is 3.18. The molecule has 0 radical (unpaired) electrons. The van der Waals surface area contributed by atoms with E-state index < -0.39 is 15.8 Å². The van der Waals surface area contributed by atoms with Gasteiger partial charge in [0.1, 0.15) is 5.75 Å². The molecule has 1 aromatic heterocycles. The number of fused-ring (bicyclic) bond motifs is 1. The molecule has 3 heterocycles. The van der Waals surface area contributed by atoms with Crippen LogP contribution in [0.5, 0.6) is 0 Å². The maximum atomic E-state index is 12.7. The van der Waals surface area contributed by atoms with Crippen LogP contribution in [0.25, 0.3) is 0 Å². The molecule has 8 heteroatoms. The lowest BCUT2D eigenvalue weighted by Crippen LogP contribution is -2.42. The van der Waals surface area contributed by atoms with E-state index in [-0.39, 0.29) is 11.9 Å². The third-order valence-corrected chi connectivity index (χ3v) is 7.94. The van der Waals surface area contributed by atoms with E-state index in [9.17, 15) is 13.2 Å². The normalized spacial score (nSPS) is 19.7. The number of rotatable bonds is 5. The minimum atomic E-state index is -3.76. The highest BCUT2D eigenvalue weighted by atomic mass is 32.2. The molecule has 2 aliphatic heterocycles. The first-order chi connectivity index (χ1) is 13.9. The van der Waals surface area contributed by atoms with Gasteiger partial charge >= 0.3 is 0 Å². The van der Waals surface area contributed by atoms with Crippen molar-refractivity contribution in [2.24, 2.45) is 0 Å². The summed E-state index contributed by atoms with van der Waals surface area (Å²) in [5, 5.41) is 2.03. The van der Waals surface area contributed by atoms with Gasteiger partial charge in [0.05, 0.1) is 6.04 Å². The van der Waals surface area contributed by atoms with E-state index in [2.05, 4.69) is 9.62 Å². The van der Waals surface area contributed by atoms with Crippen molar-refractivity contribution < 1.29 is 13.2 Å². The first-order valence-corrected chi connectivity index (χ1v) is 12.7. The quantitative estimate of drug-likeness (QED) is 0.782. The maximum absolute atomic E-state index is 12.7. The maximum Gasteiger partial charge on any atom is 0.241 e. The van der Waals surface area contributed by atoms with E-state index in [1.165, 1.54) is 24.1 Å². The number of carbonyl (C=O) groups excluding carboxylic acids is 1. The molecule has 2 aromatic rings. The van der Waals surface area contributed by atoms with Gasteiger partial charge in [-0.1, -0.05) is 0 Å². The molecule has 4 rings (SSSR count). The van der Waals surface area contributed by atoms with Gasteiger partial charge in [0, 0.05) is 35.9 Å². The van der Waals surface area contributed by atoms with Gasteiger partial charge in [0.2, 0.25) is 15.9 Å². The molecule has 1 fully saturated rings. The number of nitrogens with zero attached hydrogens (tertiary/aromatic N) is 2. The highest BCUT2D eigenvalue weighted by Gasteiger charge is 2.30. The van der Waals surface area contributed by atoms with Crippen molar-refractivity contribution >= 4 is 38.6 Å². The van der Waals surface area contributed by atoms with E-state index in [0.29, 0.717) is 12.2 Å². The van der Waals surface area contributed by atoms with Crippen LogP contribution in [0.4, 0.5) is 11.4 Å². The molecule has 156 valence electrons. The van der Waals surface area contributed by atoms with Crippen molar-refractivity contribution in [3.8, 4) is 0 Å². The van der Waals surface area contributed by atoms with Crippen LogP contribution in [-0.2, 0) is 21.2 Å². The molecule has 0 unspecified atom stereocenters. The number of hydrogen-bond donors (Lipinski definition) is 1. The van der Waals surface area contributed by atoms with Gasteiger partial charge in [-0.25, -0.2) is 8.42 Å². The van der Waals surface area contributed by atoms with Crippen molar-refractivity contribution in [1.29, 1.82) is 0 Å². The lowest BCUT2D eigenvalue weighted by Gasteiger charge is -2.33. The molecular formula is C21H27N3O3S2. The number of nitrogens with one attached hydrogen (secondary N) is 1. The van der Waals surface area contributed by atoms with Gasteiger partial charge in [-0.15, -0.1) is 11.3 Å². The van der Waals surface area contributed by atoms with Crippen molar-refractivity contribution in [2.45, 2.75) is 38.6 Å². The number of benzene rings is 1. The molecule has 0 bridgehead atoms. The summed E-state index contributed by atoms with van der Waals surface area (Å²) in [7, 11) is -3.76. The van der Waals surface area contributed by atoms with E-state index in [0.717, 1.165) is 30.8 Å². The van der Waals surface area contributed by atoms with E-state index in [1.54, 1.807) is 28.4 Å². The summed E-state index contributed by atoms with van der Waals surface area (Å²) in [5.41, 5.74) is 2.73. The first-order valence-electron chi connectivity index (χ1n) is 10.1. The number of amides is 1. The smallest absolute Gasteiger partial charge is 0.241 e. The molecule has 1 N–H and O–H groups in total. The number of carbonyl (C=O) groups is 1. The fourth-order valence-electron chi connectivity index (χ4n) is 4.20. The molecule has 1 amide bonds. The van der Waals surface area contributed by atoms with Gasteiger partial charge < -0.3 is 9.80 Å². The molecule has 1 saturated heterocycles. The van der Waals surface area contributed by atoms with Crippen LogP contribution in [0, 0.1) is 0 Å². The second kappa shape index (κ2) is 8.36. The molecule has 29 heavy (non-hydrogen) atoms. The van der Waals surface area contributed by atoms with Crippen LogP contribution in [0.2, 0.25) is 0 Å². The van der Waals surface area contributed by atoms with Gasteiger partial charge in [-0.3, -0.25) is 9.52 Å². The number of thiophene rings is 1. The van der Waals surface area contributed by atoms with Crippen LogP contribution in [0.15, 0.2) is 35.7 Å². The van der Waals surface area contributed by atoms with Crippen LogP contribution >= 0.6 is 11.3 Å². The largest absolute Gasteiger partial charge is 0.372 e. The Balaban J connectivity index is 1.38. The Hall–Kier alpha value is -2.06. The second-order valence-electron chi connectivity index (χ2n) is 7.77. The highest BCUT2D eigenvalue weighted by Crippen LogP contribution is 2.33. The van der Waals surface area contributed by atoms with E-state index in [1.807, 2.05) is 30.5 Å². The zero-order chi connectivity index (χ0) is 20.4. The number of hydrogen-bond acceptors (Lipinski definition) is 5. The molecule has 1 aromatic carbocycles. The van der Waals surface area contributed by atoms with Crippen LogP contribution in [0.1, 0.15) is 42.7 Å². The summed E-state index contributed by atoms with van der Waals surface area (Å²) < 4.78 is 27.7. The number of piperidine rings is 1. The second-order valence-corrected chi connectivity index (χ2v) is 10.5. The summed E-state index contributed by atoms with van der Waals surface area (Å²) in [6, 6.07) is 9.36. The predicted octanol–water partition coefficient (Wildman–Crippen LogP) is 3.63. The van der Waals surface area contributed by atoms with Crippen molar-refractivity contribution in [3.63, 3.8) is 0 Å². The van der Waals surface area contributed by atoms with Gasteiger partial charge in [0.25, 0.3) is 0 Å². The Bertz CT molecular complexity index is 963. The summed E-state index contributed by atoms with van der Waals surface area (Å²) in [4.78, 5) is 18.0. The number of sulfonamides is 1. The Labute approximate surface area is 176 Å². The highest BCUT2D eigenvalue weighted by molar-refractivity contribution is 7.93. The molecular weight excluding hydrogens is 406 g/mol. The van der Waals surface area contributed by atoms with Gasteiger partial charge in [0.15, 0.2) is 0 Å². The molecule has 0 spiro atoms. The van der Waals surface area contributed by atoms with Crippen LogP contribution < -0.4 is 9.62 Å².